The quantitative estimate of drug-likeness (QED) is 0.515. The van der Waals surface area contributed by atoms with Crippen molar-refractivity contribution in [1.82, 2.24) is 5.32 Å². The van der Waals surface area contributed by atoms with E-state index in [0.29, 0.717) is 34.3 Å². The molecule has 0 atom stereocenters. The third-order valence-corrected chi connectivity index (χ3v) is 3.95. The molecule has 0 heterocycles. The maximum Gasteiger partial charge on any atom is 0.306 e. The van der Waals surface area contributed by atoms with Crippen LogP contribution in [0.2, 0.25) is 10.0 Å². The van der Waals surface area contributed by atoms with Gasteiger partial charge in [-0.05, 0) is 55.0 Å². The molecule has 8 heteroatoms. The van der Waals surface area contributed by atoms with Gasteiger partial charge in [-0.1, -0.05) is 23.2 Å². The number of anilines is 1. The molecule has 27 heavy (non-hydrogen) atoms. The minimum Gasteiger partial charge on any atom is -0.456 e. The molecule has 0 aliphatic carbocycles. The van der Waals surface area contributed by atoms with Gasteiger partial charge in [0, 0.05) is 34.3 Å². The first-order valence-corrected chi connectivity index (χ1v) is 8.94. The zero-order chi connectivity index (χ0) is 19.6. The minimum atomic E-state index is -0.512. The van der Waals surface area contributed by atoms with E-state index >= 15 is 0 Å². The number of halogens is 2. The maximum absolute atomic E-state index is 11.9. The van der Waals surface area contributed by atoms with E-state index in [2.05, 4.69) is 10.6 Å². The molecule has 0 aliphatic heterocycles. The monoisotopic (exact) mass is 408 g/mol. The molecule has 0 fully saturated rings. The number of carbonyl (C=O) groups is 3. The summed E-state index contributed by atoms with van der Waals surface area (Å²) in [5, 5.41) is 6.39. The molecule has 0 aromatic heterocycles. The van der Waals surface area contributed by atoms with Crippen molar-refractivity contribution in [1.29, 1.82) is 0 Å². The Morgan fingerprint density at radius 2 is 1.48 bits per heavy atom. The Kier molecular flexibility index (Phi) is 8.10. The lowest BCUT2D eigenvalue weighted by atomic mass is 10.2. The van der Waals surface area contributed by atoms with Crippen molar-refractivity contribution in [2.75, 3.05) is 18.5 Å². The number of esters is 1. The molecule has 0 aliphatic rings. The molecule has 6 nitrogen and oxygen atoms in total. The van der Waals surface area contributed by atoms with E-state index in [4.69, 9.17) is 27.9 Å². The van der Waals surface area contributed by atoms with E-state index in [1.165, 1.54) is 0 Å². The first-order chi connectivity index (χ1) is 12.9. The van der Waals surface area contributed by atoms with Crippen LogP contribution >= 0.6 is 23.2 Å². The van der Waals surface area contributed by atoms with E-state index < -0.39 is 11.9 Å². The van der Waals surface area contributed by atoms with Gasteiger partial charge in [0.05, 0.1) is 0 Å². The van der Waals surface area contributed by atoms with E-state index in [9.17, 15) is 14.4 Å². The average Bonchev–Trinajstić information content (AvgIpc) is 2.66. The van der Waals surface area contributed by atoms with Crippen LogP contribution in [0.3, 0.4) is 0 Å². The Morgan fingerprint density at radius 3 is 2.11 bits per heavy atom. The first kappa shape index (κ1) is 20.7. The predicted octanol–water partition coefficient (Wildman–Crippen LogP) is 3.69. The van der Waals surface area contributed by atoms with Crippen molar-refractivity contribution in [2.24, 2.45) is 0 Å². The predicted molar refractivity (Wildman–Crippen MR) is 104 cm³/mol. The van der Waals surface area contributed by atoms with Gasteiger partial charge in [-0.3, -0.25) is 14.4 Å². The Bertz CT molecular complexity index is 792. The van der Waals surface area contributed by atoms with Crippen LogP contribution in [0.5, 0.6) is 0 Å². The SMILES string of the molecule is O=C(COC(=O)CCCNC(=O)c1ccc(Cl)cc1)Nc1ccc(Cl)cc1. The summed E-state index contributed by atoms with van der Waals surface area (Å²) in [4.78, 5) is 35.2. The van der Waals surface area contributed by atoms with Gasteiger partial charge in [0.1, 0.15) is 0 Å². The van der Waals surface area contributed by atoms with Gasteiger partial charge in [-0.15, -0.1) is 0 Å². The minimum absolute atomic E-state index is 0.0924. The Balaban J connectivity index is 1.60. The molecule has 0 saturated carbocycles. The van der Waals surface area contributed by atoms with Crippen LogP contribution in [0.25, 0.3) is 0 Å². The van der Waals surface area contributed by atoms with E-state index in [1.54, 1.807) is 48.5 Å². The molecule has 0 saturated heterocycles. The fraction of sp³-hybridized carbons (Fsp3) is 0.211. The van der Waals surface area contributed by atoms with Gasteiger partial charge in [0.2, 0.25) is 0 Å². The number of benzene rings is 2. The molecule has 2 aromatic carbocycles. The lowest BCUT2D eigenvalue weighted by molar-refractivity contribution is -0.147. The lowest BCUT2D eigenvalue weighted by Gasteiger charge is -2.07. The topological polar surface area (TPSA) is 84.5 Å². The van der Waals surface area contributed by atoms with E-state index in [1.807, 2.05) is 0 Å². The molecule has 2 amide bonds. The number of hydrogen-bond donors (Lipinski definition) is 2. The van der Waals surface area contributed by atoms with Gasteiger partial charge in [0.25, 0.3) is 11.8 Å². The molecule has 0 radical (unpaired) electrons. The zero-order valence-electron chi connectivity index (χ0n) is 14.3. The third kappa shape index (κ3) is 7.68. The summed E-state index contributed by atoms with van der Waals surface area (Å²) >= 11 is 11.5. The second kappa shape index (κ2) is 10.5. The highest BCUT2D eigenvalue weighted by molar-refractivity contribution is 6.31. The standard InChI is InChI=1S/C19H18Cl2N2O4/c20-14-5-3-13(4-6-14)19(26)22-11-1-2-18(25)27-12-17(24)23-16-9-7-15(21)8-10-16/h3-10H,1-2,11-12H2,(H,22,26)(H,23,24). The number of nitrogens with one attached hydrogen (secondary N) is 2. The summed E-state index contributed by atoms with van der Waals surface area (Å²) < 4.78 is 4.90. The first-order valence-electron chi connectivity index (χ1n) is 8.19. The molecule has 142 valence electrons. The fourth-order valence-corrected chi connectivity index (χ4v) is 2.34. The Morgan fingerprint density at radius 1 is 0.889 bits per heavy atom. The van der Waals surface area contributed by atoms with Crippen molar-refractivity contribution in [2.45, 2.75) is 12.8 Å². The van der Waals surface area contributed by atoms with Gasteiger partial charge >= 0.3 is 5.97 Å². The Hall–Kier alpha value is -2.57. The molecule has 2 N–H and O–H groups in total. The largest absolute Gasteiger partial charge is 0.456 e. The third-order valence-electron chi connectivity index (χ3n) is 3.44. The van der Waals surface area contributed by atoms with Gasteiger partial charge in [-0.2, -0.15) is 0 Å². The number of rotatable bonds is 8. The highest BCUT2D eigenvalue weighted by Crippen LogP contribution is 2.13. The Labute approximate surface area is 166 Å². The molecule has 2 aromatic rings. The summed E-state index contributed by atoms with van der Waals surface area (Å²) in [5.41, 5.74) is 1.05. The van der Waals surface area contributed by atoms with Gasteiger partial charge < -0.3 is 15.4 Å². The second-order valence-corrected chi connectivity index (χ2v) is 6.45. The summed E-state index contributed by atoms with van der Waals surface area (Å²) in [6, 6.07) is 13.1. The van der Waals surface area contributed by atoms with Crippen molar-refractivity contribution >= 4 is 46.7 Å². The lowest BCUT2D eigenvalue weighted by Crippen LogP contribution is -2.25. The van der Waals surface area contributed by atoms with Crippen molar-refractivity contribution in [3.05, 3.63) is 64.1 Å². The maximum atomic E-state index is 11.9. The van der Waals surface area contributed by atoms with E-state index in [-0.39, 0.29) is 18.9 Å². The van der Waals surface area contributed by atoms with E-state index in [0.717, 1.165) is 0 Å². The van der Waals surface area contributed by atoms with Crippen LogP contribution in [-0.4, -0.2) is 30.9 Å². The second-order valence-electron chi connectivity index (χ2n) is 5.58. The van der Waals surface area contributed by atoms with Crippen LogP contribution in [0.15, 0.2) is 48.5 Å². The average molecular weight is 409 g/mol. The van der Waals surface area contributed by atoms with Crippen molar-refractivity contribution in [3.8, 4) is 0 Å². The number of ether oxygens (including phenoxy) is 1. The van der Waals surface area contributed by atoms with Gasteiger partial charge in [0.15, 0.2) is 6.61 Å². The van der Waals surface area contributed by atoms with Crippen LogP contribution in [0.4, 0.5) is 5.69 Å². The molecule has 2 rings (SSSR count). The highest BCUT2D eigenvalue weighted by Gasteiger charge is 2.09. The summed E-state index contributed by atoms with van der Waals surface area (Å²) in [6.07, 6.45) is 0.492. The zero-order valence-corrected chi connectivity index (χ0v) is 15.8. The summed E-state index contributed by atoms with van der Waals surface area (Å²) in [5.74, 6) is -1.20. The molecule has 0 unspecified atom stereocenters. The van der Waals surface area contributed by atoms with Crippen LogP contribution in [0, 0.1) is 0 Å². The van der Waals surface area contributed by atoms with Crippen LogP contribution in [0.1, 0.15) is 23.2 Å². The van der Waals surface area contributed by atoms with Crippen molar-refractivity contribution in [3.63, 3.8) is 0 Å². The molecular weight excluding hydrogens is 391 g/mol. The molecule has 0 spiro atoms. The van der Waals surface area contributed by atoms with Gasteiger partial charge in [-0.25, -0.2) is 0 Å². The number of amides is 2. The number of carbonyl (C=O) groups excluding carboxylic acids is 3. The molecule has 0 bridgehead atoms. The molecular formula is C19H18Cl2N2O4. The summed E-state index contributed by atoms with van der Waals surface area (Å²) in [7, 11) is 0. The smallest absolute Gasteiger partial charge is 0.306 e. The van der Waals surface area contributed by atoms with Crippen LogP contribution in [-0.2, 0) is 14.3 Å². The number of hydrogen-bond acceptors (Lipinski definition) is 4. The summed E-state index contributed by atoms with van der Waals surface area (Å²) in [6.45, 7) is -0.0634. The van der Waals surface area contributed by atoms with Crippen LogP contribution < -0.4 is 10.6 Å². The van der Waals surface area contributed by atoms with Crippen molar-refractivity contribution < 1.29 is 19.1 Å². The highest BCUT2D eigenvalue weighted by atomic mass is 35.5. The fourth-order valence-electron chi connectivity index (χ4n) is 2.09. The normalized spacial score (nSPS) is 10.1.